The van der Waals surface area contributed by atoms with Crippen LogP contribution in [0, 0.1) is 0 Å². The molecule has 156 valence electrons. The van der Waals surface area contributed by atoms with Crippen molar-refractivity contribution in [2.24, 2.45) is 5.10 Å². The van der Waals surface area contributed by atoms with Gasteiger partial charge in [-0.3, -0.25) is 15.0 Å². The topological polar surface area (TPSA) is 106 Å². The van der Waals surface area contributed by atoms with Gasteiger partial charge in [-0.25, -0.2) is 9.99 Å². The second kappa shape index (κ2) is 6.89. The zero-order chi connectivity index (χ0) is 21.1. The summed E-state index contributed by atoms with van der Waals surface area (Å²) in [6.45, 7) is 0.399. The molecule has 9 nitrogen and oxygen atoms in total. The number of carbonyl (C=O) groups is 1. The van der Waals surface area contributed by atoms with E-state index in [4.69, 9.17) is 16.6 Å². The number of fused-ring (bicyclic) bond motifs is 4. The van der Waals surface area contributed by atoms with E-state index in [0.29, 0.717) is 18.1 Å². The third-order valence-electron chi connectivity index (χ3n) is 5.78. The Hall–Kier alpha value is -3.24. The summed E-state index contributed by atoms with van der Waals surface area (Å²) in [5, 5.41) is 22.4. The van der Waals surface area contributed by atoms with E-state index in [9.17, 15) is 4.79 Å². The van der Waals surface area contributed by atoms with E-state index < -0.39 is 0 Å². The quantitative estimate of drug-likeness (QED) is 0.495. The summed E-state index contributed by atoms with van der Waals surface area (Å²) in [6, 6.07) is 7.38. The lowest BCUT2D eigenvalue weighted by Crippen LogP contribution is -2.48. The first-order valence-electron chi connectivity index (χ1n) is 9.77. The lowest BCUT2D eigenvalue weighted by Gasteiger charge is -2.31. The van der Waals surface area contributed by atoms with Gasteiger partial charge in [0.2, 0.25) is 0 Å². The van der Waals surface area contributed by atoms with E-state index in [2.05, 4.69) is 25.5 Å². The number of hydrogen-bond donors (Lipinski definition) is 2. The number of hydrazone groups is 1. The number of likely N-dealkylation sites (N-methyl/N-ethyl adjacent to an activating group) is 1. The molecule has 2 aliphatic heterocycles. The maximum Gasteiger partial charge on any atom is 0.266 e. The van der Waals surface area contributed by atoms with E-state index >= 15 is 0 Å². The van der Waals surface area contributed by atoms with Crippen molar-refractivity contribution in [3.63, 3.8) is 0 Å². The minimum atomic E-state index is -0.328. The van der Waals surface area contributed by atoms with Crippen LogP contribution < -0.4 is 4.90 Å². The molecule has 0 aliphatic carbocycles. The van der Waals surface area contributed by atoms with Gasteiger partial charge in [0, 0.05) is 30.8 Å². The van der Waals surface area contributed by atoms with Crippen LogP contribution in [0.2, 0.25) is 5.15 Å². The zero-order valence-electron chi connectivity index (χ0n) is 16.4. The number of nitrogens with one attached hydrogen (secondary N) is 2. The van der Waals surface area contributed by atoms with Gasteiger partial charge in [-0.15, -0.1) is 11.3 Å². The molecule has 1 aromatic carbocycles. The molecule has 2 unspecified atom stereocenters. The Labute approximate surface area is 185 Å². The molecule has 2 N–H and O–H groups in total. The number of nitrogens with zero attached hydrogens (tertiary/aromatic N) is 6. The van der Waals surface area contributed by atoms with Crippen molar-refractivity contribution >= 4 is 51.8 Å². The summed E-state index contributed by atoms with van der Waals surface area (Å²) in [5.41, 5.74) is 2.85. The number of thiazole rings is 1. The van der Waals surface area contributed by atoms with Gasteiger partial charge in [-0.1, -0.05) is 23.7 Å². The zero-order valence-corrected chi connectivity index (χ0v) is 18.0. The molecule has 0 fully saturated rings. The number of carbonyl (C=O) groups excluding carboxylic acids is 1. The molecule has 3 aromatic heterocycles. The molecule has 0 spiro atoms. The van der Waals surface area contributed by atoms with Crippen molar-refractivity contribution < 1.29 is 4.79 Å². The number of hydrogen-bond acceptors (Lipinski definition) is 7. The third-order valence-corrected chi connectivity index (χ3v) is 7.12. The van der Waals surface area contributed by atoms with Crippen molar-refractivity contribution in [1.29, 1.82) is 0 Å². The van der Waals surface area contributed by atoms with Gasteiger partial charge in [0.15, 0.2) is 5.15 Å². The molecule has 0 radical (unpaired) electrons. The molecule has 0 bridgehead atoms. The lowest BCUT2D eigenvalue weighted by molar-refractivity contribution is -0.133. The first-order chi connectivity index (χ1) is 15.1. The highest BCUT2D eigenvalue weighted by Gasteiger charge is 2.47. The second-order valence-corrected chi connectivity index (χ2v) is 9.18. The minimum Gasteiger partial charge on any atom is -0.346 e. The number of amides is 1. The maximum absolute atomic E-state index is 13.3. The van der Waals surface area contributed by atoms with E-state index in [0.717, 1.165) is 37.9 Å². The smallest absolute Gasteiger partial charge is 0.266 e. The monoisotopic (exact) mass is 452 g/mol. The van der Waals surface area contributed by atoms with Crippen molar-refractivity contribution in [2.75, 3.05) is 11.9 Å². The Kier molecular flexibility index (Phi) is 4.12. The molecule has 5 heterocycles. The van der Waals surface area contributed by atoms with Crippen molar-refractivity contribution in [3.8, 4) is 0 Å². The van der Waals surface area contributed by atoms with Gasteiger partial charge < -0.3 is 4.90 Å². The summed E-state index contributed by atoms with van der Waals surface area (Å²) in [7, 11) is 1.92. The molecule has 0 saturated carbocycles. The summed E-state index contributed by atoms with van der Waals surface area (Å²) in [6.07, 6.45) is 4.27. The molecule has 1 amide bonds. The number of H-pyrrole nitrogens is 2. The summed E-state index contributed by atoms with van der Waals surface area (Å²) >= 11 is 7.50. The standard InChI is InChI=1S/C20H17ClN8OS/c1-28-17-13(18-19(28)24-16(31-18)6-11-5-15(21)27-25-11)8-23-29(20(17)30)9-10-3-2-4-14-12(10)7-22-26-14/h2-5,7-8,13,17H,6,9H2,1H3,(H,22,26)(H,25,27). The normalized spacial score (nSPS) is 20.0. The van der Waals surface area contributed by atoms with E-state index in [1.807, 2.05) is 36.4 Å². The first-order valence-corrected chi connectivity index (χ1v) is 11.0. The Morgan fingerprint density at radius 2 is 2.19 bits per heavy atom. The second-order valence-electron chi connectivity index (χ2n) is 7.68. The Morgan fingerprint density at radius 3 is 3.03 bits per heavy atom. The van der Waals surface area contributed by atoms with E-state index in [1.54, 1.807) is 28.6 Å². The highest BCUT2D eigenvalue weighted by Crippen LogP contribution is 2.45. The predicted molar refractivity (Wildman–Crippen MR) is 119 cm³/mol. The van der Waals surface area contributed by atoms with Crippen LogP contribution in [0.1, 0.15) is 27.1 Å². The average molecular weight is 453 g/mol. The largest absolute Gasteiger partial charge is 0.346 e. The van der Waals surface area contributed by atoms with Gasteiger partial charge in [0.05, 0.1) is 29.1 Å². The van der Waals surface area contributed by atoms with Crippen LogP contribution in [0.3, 0.4) is 0 Å². The van der Waals surface area contributed by atoms with Crippen LogP contribution >= 0.6 is 22.9 Å². The maximum atomic E-state index is 13.3. The van der Waals surface area contributed by atoms with E-state index in [1.165, 1.54) is 0 Å². The fourth-order valence-electron chi connectivity index (χ4n) is 4.29. The summed E-state index contributed by atoms with van der Waals surface area (Å²) < 4.78 is 0. The molecule has 2 atom stereocenters. The van der Waals surface area contributed by atoms with Crippen LogP contribution in [0.15, 0.2) is 35.6 Å². The number of aromatic nitrogens is 5. The highest BCUT2D eigenvalue weighted by molar-refractivity contribution is 7.12. The van der Waals surface area contributed by atoms with Crippen LogP contribution in [-0.4, -0.2) is 55.6 Å². The summed E-state index contributed by atoms with van der Waals surface area (Å²) in [5.74, 6) is 0.729. The molecule has 6 rings (SSSR count). The summed E-state index contributed by atoms with van der Waals surface area (Å²) in [4.78, 5) is 21.2. The van der Waals surface area contributed by atoms with Gasteiger partial charge in [-0.05, 0) is 17.7 Å². The number of aromatic amines is 2. The third kappa shape index (κ3) is 2.94. The Bertz CT molecular complexity index is 1340. The van der Waals surface area contributed by atoms with Gasteiger partial charge in [0.25, 0.3) is 5.91 Å². The average Bonchev–Trinajstić information content (AvgIpc) is 3.52. The van der Waals surface area contributed by atoms with E-state index in [-0.39, 0.29) is 17.9 Å². The number of rotatable bonds is 4. The highest BCUT2D eigenvalue weighted by atomic mass is 35.5. The number of halogens is 1. The van der Waals surface area contributed by atoms with Crippen molar-refractivity contribution in [3.05, 3.63) is 56.8 Å². The number of benzene rings is 1. The van der Waals surface area contributed by atoms with Crippen molar-refractivity contribution in [1.82, 2.24) is 30.4 Å². The van der Waals surface area contributed by atoms with Crippen molar-refractivity contribution in [2.45, 2.75) is 24.9 Å². The molecule has 11 heteroatoms. The van der Waals surface area contributed by atoms with Crippen LogP contribution in [0.25, 0.3) is 10.9 Å². The van der Waals surface area contributed by atoms with Crippen LogP contribution in [-0.2, 0) is 17.8 Å². The minimum absolute atomic E-state index is 0.0254. The van der Waals surface area contributed by atoms with Crippen LogP contribution in [0.5, 0.6) is 0 Å². The lowest BCUT2D eigenvalue weighted by atomic mass is 10.00. The van der Waals surface area contributed by atoms with Gasteiger partial charge in [-0.2, -0.15) is 15.3 Å². The molecule has 2 aliphatic rings. The number of anilines is 1. The van der Waals surface area contributed by atoms with Gasteiger partial charge in [0.1, 0.15) is 16.9 Å². The Balaban J connectivity index is 1.27. The Morgan fingerprint density at radius 1 is 1.29 bits per heavy atom. The predicted octanol–water partition coefficient (Wildman–Crippen LogP) is 2.92. The van der Waals surface area contributed by atoms with Gasteiger partial charge >= 0.3 is 0 Å². The first kappa shape index (κ1) is 18.5. The molecule has 0 saturated heterocycles. The fourth-order valence-corrected chi connectivity index (χ4v) is 5.69. The van der Waals surface area contributed by atoms with Crippen LogP contribution in [0.4, 0.5) is 5.82 Å². The fraction of sp³-hybridized carbons (Fsp3) is 0.250. The molecule has 31 heavy (non-hydrogen) atoms. The molecule has 4 aromatic rings. The molecular weight excluding hydrogens is 436 g/mol. The SMILES string of the molecule is CN1c2nc(Cc3cc(Cl)n[nH]3)sc2C2C=NN(Cc3cccc4[nH]ncc34)C(=O)C21. The molecular formula is C20H17ClN8OS.